The third-order valence-corrected chi connectivity index (χ3v) is 5.22. The molecule has 2 aliphatic heterocycles. The number of hydrogen-bond donors (Lipinski definition) is 2. The molecule has 1 fully saturated rings. The molecule has 174 valence electrons. The Balaban J connectivity index is 1.66. The molecule has 1 saturated heterocycles. The van der Waals surface area contributed by atoms with Gasteiger partial charge in [-0.15, -0.1) is 0 Å². The number of imide groups is 1. The zero-order chi connectivity index (χ0) is 24.1. The van der Waals surface area contributed by atoms with Crippen LogP contribution in [0.1, 0.15) is 47.9 Å². The number of nitrogens with zero attached hydrogens (tertiary/aromatic N) is 2. The number of benzene rings is 1. The second kappa shape index (κ2) is 7.91. The van der Waals surface area contributed by atoms with Gasteiger partial charge in [-0.3, -0.25) is 24.3 Å². The van der Waals surface area contributed by atoms with Gasteiger partial charge in [0, 0.05) is 19.0 Å². The molecule has 0 spiro atoms. The molecule has 2 aliphatic rings. The molecular formula is C22H23FN4O6. The van der Waals surface area contributed by atoms with E-state index in [1.54, 1.807) is 20.8 Å². The normalized spacial score (nSPS) is 17.7. The van der Waals surface area contributed by atoms with Crippen LogP contribution in [0.4, 0.5) is 15.0 Å². The highest BCUT2D eigenvalue weighted by Crippen LogP contribution is 2.32. The molecular weight excluding hydrogens is 435 g/mol. The van der Waals surface area contributed by atoms with Gasteiger partial charge in [0.25, 0.3) is 17.4 Å². The molecule has 1 aromatic heterocycles. The first-order chi connectivity index (χ1) is 15.5. The van der Waals surface area contributed by atoms with Crippen LogP contribution in [0.3, 0.4) is 0 Å². The van der Waals surface area contributed by atoms with Crippen LogP contribution in [0, 0.1) is 5.82 Å². The van der Waals surface area contributed by atoms with Crippen molar-refractivity contribution in [3.05, 3.63) is 51.6 Å². The molecule has 3 amide bonds. The number of para-hydroxylation sites is 1. The fourth-order valence-electron chi connectivity index (χ4n) is 3.80. The minimum atomic E-state index is -0.754. The summed E-state index contributed by atoms with van der Waals surface area (Å²) in [5.74, 6) is -2.79. The number of ether oxygens (including phenoxy) is 2. The molecule has 1 atom stereocenters. The molecule has 3 N–H and O–H groups in total. The maximum Gasteiger partial charge on any atom is 0.410 e. The van der Waals surface area contributed by atoms with Gasteiger partial charge in [-0.05, 0) is 32.9 Å². The third kappa shape index (κ3) is 4.13. The number of rotatable bonds is 3. The van der Waals surface area contributed by atoms with Crippen molar-refractivity contribution in [1.29, 1.82) is 0 Å². The number of anilines is 1. The van der Waals surface area contributed by atoms with Crippen LogP contribution < -0.4 is 21.3 Å². The van der Waals surface area contributed by atoms with Crippen LogP contribution in [-0.2, 0) is 4.74 Å². The molecule has 11 heteroatoms. The molecule has 0 aliphatic carbocycles. The Kier molecular flexibility index (Phi) is 5.35. The van der Waals surface area contributed by atoms with Crippen molar-refractivity contribution in [2.24, 2.45) is 0 Å². The van der Waals surface area contributed by atoms with E-state index in [1.807, 2.05) is 0 Å². The summed E-state index contributed by atoms with van der Waals surface area (Å²) in [4.78, 5) is 50.6. The van der Waals surface area contributed by atoms with Crippen LogP contribution >= 0.6 is 0 Å². The Bertz CT molecular complexity index is 1230. The predicted molar refractivity (Wildman–Crippen MR) is 115 cm³/mol. The number of nitrogens with two attached hydrogens (primary N) is 1. The number of fused-ring (bicyclic) bond motifs is 1. The molecule has 0 radical (unpaired) electrons. The Morgan fingerprint density at radius 3 is 2.64 bits per heavy atom. The van der Waals surface area contributed by atoms with Crippen LogP contribution in [0.15, 0.2) is 29.1 Å². The van der Waals surface area contributed by atoms with Crippen molar-refractivity contribution in [3.63, 3.8) is 0 Å². The number of halogens is 1. The van der Waals surface area contributed by atoms with Gasteiger partial charge < -0.3 is 20.1 Å². The Morgan fingerprint density at radius 2 is 1.94 bits per heavy atom. The highest BCUT2D eigenvalue weighted by atomic mass is 19.1. The summed E-state index contributed by atoms with van der Waals surface area (Å²) in [5.41, 5.74) is 4.36. The van der Waals surface area contributed by atoms with E-state index >= 15 is 0 Å². The monoisotopic (exact) mass is 458 g/mol. The van der Waals surface area contributed by atoms with Gasteiger partial charge in [0.1, 0.15) is 17.5 Å². The third-order valence-electron chi connectivity index (χ3n) is 5.22. The van der Waals surface area contributed by atoms with Crippen LogP contribution in [-0.4, -0.2) is 52.2 Å². The topological polar surface area (TPSA) is 133 Å². The van der Waals surface area contributed by atoms with E-state index in [-0.39, 0.29) is 34.9 Å². The minimum Gasteiger partial charge on any atom is -0.483 e. The van der Waals surface area contributed by atoms with Crippen molar-refractivity contribution < 1.29 is 28.2 Å². The number of nitrogen functional groups attached to an aromatic ring is 1. The van der Waals surface area contributed by atoms with Crippen molar-refractivity contribution >= 4 is 23.7 Å². The Labute approximate surface area is 188 Å². The van der Waals surface area contributed by atoms with Crippen LogP contribution in [0.2, 0.25) is 0 Å². The molecule has 0 bridgehead atoms. The molecule has 4 rings (SSSR count). The Morgan fingerprint density at radius 1 is 1.21 bits per heavy atom. The van der Waals surface area contributed by atoms with Gasteiger partial charge >= 0.3 is 6.09 Å². The number of nitrogens with one attached hydrogen (secondary N) is 1. The van der Waals surface area contributed by atoms with Gasteiger partial charge in [0.05, 0.1) is 23.4 Å². The number of carbonyl (C=O) groups is 3. The first-order valence-corrected chi connectivity index (χ1v) is 10.3. The minimum absolute atomic E-state index is 0.0248. The van der Waals surface area contributed by atoms with E-state index in [2.05, 4.69) is 5.32 Å². The molecule has 1 unspecified atom stereocenters. The first kappa shape index (κ1) is 22.3. The average molecular weight is 458 g/mol. The molecule has 33 heavy (non-hydrogen) atoms. The average Bonchev–Trinajstić information content (AvgIpc) is 3.27. The number of pyridine rings is 1. The number of likely N-dealkylation sites (tertiary alicyclic amines) is 1. The second-order valence-corrected chi connectivity index (χ2v) is 8.82. The maximum absolute atomic E-state index is 14.8. The lowest BCUT2D eigenvalue weighted by Gasteiger charge is -2.24. The zero-order valence-electron chi connectivity index (χ0n) is 18.3. The highest BCUT2D eigenvalue weighted by Gasteiger charge is 2.34. The van der Waals surface area contributed by atoms with Gasteiger partial charge in [0.15, 0.2) is 11.6 Å². The van der Waals surface area contributed by atoms with Crippen molar-refractivity contribution in [1.82, 2.24) is 14.8 Å². The molecule has 10 nitrogen and oxygen atoms in total. The van der Waals surface area contributed by atoms with Gasteiger partial charge in [0.2, 0.25) is 0 Å². The summed E-state index contributed by atoms with van der Waals surface area (Å²) < 4.78 is 27.0. The van der Waals surface area contributed by atoms with E-state index in [0.29, 0.717) is 13.0 Å². The van der Waals surface area contributed by atoms with Gasteiger partial charge in [-0.2, -0.15) is 0 Å². The fourth-order valence-corrected chi connectivity index (χ4v) is 3.80. The van der Waals surface area contributed by atoms with E-state index < -0.39 is 41.0 Å². The fraction of sp³-hybridized carbons (Fsp3) is 0.364. The quantitative estimate of drug-likeness (QED) is 0.671. The standard InChI is InChI=1S/C22H23FN4O6/c1-22(2,3)33-21(31)26-8-7-11(10-26)32-17-13(23)5-4-6-14(17)27-15(28)9-12-16(18(27)24)20(30)25-19(12)29/h4-6,9,11H,7-8,10,24H2,1-3H3,(H,25,29,30). The summed E-state index contributed by atoms with van der Waals surface area (Å²) in [5, 5.41) is 2.08. The van der Waals surface area contributed by atoms with E-state index in [9.17, 15) is 23.6 Å². The number of amides is 3. The summed E-state index contributed by atoms with van der Waals surface area (Å²) in [6, 6.07) is 4.91. The van der Waals surface area contributed by atoms with Gasteiger partial charge in [-0.25, -0.2) is 9.18 Å². The molecule has 1 aromatic carbocycles. The Hall–Kier alpha value is -3.89. The lowest BCUT2D eigenvalue weighted by Crippen LogP contribution is -2.36. The lowest BCUT2D eigenvalue weighted by molar-refractivity contribution is 0.0275. The predicted octanol–water partition coefficient (Wildman–Crippen LogP) is 1.83. The van der Waals surface area contributed by atoms with Crippen LogP contribution in [0.25, 0.3) is 5.69 Å². The lowest BCUT2D eigenvalue weighted by atomic mass is 10.1. The number of hydrogen-bond acceptors (Lipinski definition) is 7. The van der Waals surface area contributed by atoms with E-state index in [1.165, 1.54) is 17.0 Å². The summed E-state index contributed by atoms with van der Waals surface area (Å²) in [6.07, 6.45) is -0.653. The maximum atomic E-state index is 14.8. The van der Waals surface area contributed by atoms with E-state index in [4.69, 9.17) is 15.2 Å². The van der Waals surface area contributed by atoms with Crippen molar-refractivity contribution in [2.75, 3.05) is 18.8 Å². The zero-order valence-corrected chi connectivity index (χ0v) is 18.3. The highest BCUT2D eigenvalue weighted by molar-refractivity contribution is 6.23. The van der Waals surface area contributed by atoms with E-state index in [0.717, 1.165) is 16.7 Å². The molecule has 0 saturated carbocycles. The molecule has 2 aromatic rings. The first-order valence-electron chi connectivity index (χ1n) is 10.3. The SMILES string of the molecule is CC(C)(C)OC(=O)N1CCC(Oc2c(F)cccc2-n2c(N)c3c(cc2=O)C(=O)NC3=O)C1. The number of carbonyl (C=O) groups excluding carboxylic acids is 3. The van der Waals surface area contributed by atoms with Gasteiger partial charge in [-0.1, -0.05) is 6.07 Å². The van der Waals surface area contributed by atoms with Crippen molar-refractivity contribution in [3.8, 4) is 11.4 Å². The summed E-state index contributed by atoms with van der Waals surface area (Å²) in [7, 11) is 0. The summed E-state index contributed by atoms with van der Waals surface area (Å²) >= 11 is 0. The second-order valence-electron chi connectivity index (χ2n) is 8.82. The van der Waals surface area contributed by atoms with Crippen molar-refractivity contribution in [2.45, 2.75) is 38.9 Å². The largest absolute Gasteiger partial charge is 0.483 e. The van der Waals surface area contributed by atoms with Crippen LogP contribution in [0.5, 0.6) is 5.75 Å². The molecule has 3 heterocycles. The number of aromatic nitrogens is 1. The smallest absolute Gasteiger partial charge is 0.410 e. The summed E-state index contributed by atoms with van der Waals surface area (Å²) in [6.45, 7) is 5.79.